The number of carbonyl (C=O) groups excluding carboxylic acids is 1. The number of aldehydes is 1. The van der Waals surface area contributed by atoms with Gasteiger partial charge < -0.3 is 48.7 Å². The molecular formula is C59H62F6N4O9. The molecule has 78 heavy (non-hydrogen) atoms. The average molecular weight is 1090 g/mol. The Labute approximate surface area is 448 Å². The highest BCUT2D eigenvalue weighted by Crippen LogP contribution is 2.71. The molecule has 4 aromatic carbocycles. The van der Waals surface area contributed by atoms with E-state index >= 15 is 0 Å². The topological polar surface area (TPSA) is 154 Å². The van der Waals surface area contributed by atoms with Gasteiger partial charge in [0.25, 0.3) is 0 Å². The Morgan fingerprint density at radius 3 is 1.47 bits per heavy atom. The van der Waals surface area contributed by atoms with Crippen LogP contribution in [0.1, 0.15) is 76.6 Å². The van der Waals surface area contributed by atoms with Gasteiger partial charge in [0.2, 0.25) is 0 Å². The molecule has 1 unspecified atom stereocenters. The third-order valence-electron chi connectivity index (χ3n) is 16.0. The van der Waals surface area contributed by atoms with E-state index in [0.29, 0.717) is 60.7 Å². The van der Waals surface area contributed by atoms with E-state index in [4.69, 9.17) is 28.4 Å². The number of halogens is 6. The molecule has 2 aromatic heterocycles. The minimum Gasteiger partial charge on any atom is -0.495 e. The van der Waals surface area contributed by atoms with Crippen molar-refractivity contribution in [3.05, 3.63) is 178 Å². The van der Waals surface area contributed by atoms with Crippen LogP contribution in [-0.2, 0) is 49.0 Å². The summed E-state index contributed by atoms with van der Waals surface area (Å²) >= 11 is 0. The number of rotatable bonds is 9. The predicted octanol–water partition coefficient (Wildman–Crippen LogP) is 9.55. The first kappa shape index (κ1) is 56.1. The van der Waals surface area contributed by atoms with Gasteiger partial charge in [-0.3, -0.25) is 14.9 Å². The maximum atomic E-state index is 13.5. The summed E-state index contributed by atoms with van der Waals surface area (Å²) in [5.41, 5.74) is -4.72. The molecule has 2 saturated heterocycles. The van der Waals surface area contributed by atoms with Crippen molar-refractivity contribution in [2.24, 2.45) is 11.8 Å². The summed E-state index contributed by atoms with van der Waals surface area (Å²) in [6, 6.07) is 28.5. The molecule has 6 aliphatic rings. The van der Waals surface area contributed by atoms with E-state index < -0.39 is 57.7 Å². The normalized spacial score (nSPS) is 27.8. The summed E-state index contributed by atoms with van der Waals surface area (Å²) in [4.78, 5) is 22.9. The predicted molar refractivity (Wildman–Crippen MR) is 275 cm³/mol. The number of carbonyl (C=O) groups is 1. The molecule has 0 bridgehead atoms. The number of nitrogens with one attached hydrogen (secondary N) is 1. The highest BCUT2D eigenvalue weighted by molar-refractivity contribution is 5.68. The van der Waals surface area contributed by atoms with Crippen LogP contribution < -0.4 is 24.3 Å². The summed E-state index contributed by atoms with van der Waals surface area (Å²) in [5.74, 6) is -0.873. The van der Waals surface area contributed by atoms with Crippen molar-refractivity contribution in [3.8, 4) is 23.0 Å². The molecule has 0 radical (unpaired) electrons. The number of methoxy groups -OCH3 is 2. The van der Waals surface area contributed by atoms with E-state index in [1.54, 1.807) is 12.4 Å². The molecule has 6 heterocycles. The minimum atomic E-state index is -4.51. The van der Waals surface area contributed by atoms with Crippen LogP contribution in [0.3, 0.4) is 0 Å². The Bertz CT molecular complexity index is 2990. The fourth-order valence-electron chi connectivity index (χ4n) is 12.6. The van der Waals surface area contributed by atoms with Crippen molar-refractivity contribution in [2.45, 2.75) is 66.9 Å². The van der Waals surface area contributed by atoms with Gasteiger partial charge in [0.15, 0.2) is 16.8 Å². The van der Waals surface area contributed by atoms with Gasteiger partial charge in [-0.15, -0.1) is 0 Å². The molecule has 0 amide bonds. The quantitative estimate of drug-likeness (QED) is 0.0932. The van der Waals surface area contributed by atoms with Gasteiger partial charge in [-0.25, -0.2) is 0 Å². The zero-order valence-electron chi connectivity index (χ0n) is 42.2. The first-order valence-electron chi connectivity index (χ1n) is 25.4. The van der Waals surface area contributed by atoms with Crippen LogP contribution in [0.15, 0.2) is 134 Å². The lowest BCUT2D eigenvalue weighted by atomic mass is 9.69. The van der Waals surface area contributed by atoms with Crippen molar-refractivity contribution in [1.29, 1.82) is 0 Å². The standard InChI is InChI=1S/C29H29F3N2O4.C25H20F3NO4.C4H9NO.CH4/c1-36-24-16-33-17-25-26(24)27(35)22(18-34-11-13-37-14-12-34)15-23(19-5-3-2-4-6-19)28(27,38-25)20-7-9-21(10-8-20)29(30,31)32;1-32-20-12-29-13-21-22(20)23(31)18(14-30)11-19(15-5-3-2-4-6-15)24(23,33-21)16-7-9-17(10-8-16)25(26,27)28;1-3-6-4-2-5-1;/h2-10,16-17,22-23,35H,11-15,18H2,1H3;2-10,12-14,18-19,31H,11H2,1H3;5H,1-4H2;1H4/t22-,23+,27-,28+;18?,19-,23+,24-;;/m10../s1. The van der Waals surface area contributed by atoms with Gasteiger partial charge >= 0.3 is 12.4 Å². The lowest BCUT2D eigenvalue weighted by Gasteiger charge is -2.43. The number of fused-ring (bicyclic) bond motifs is 6. The van der Waals surface area contributed by atoms with Gasteiger partial charge in [-0.2, -0.15) is 26.3 Å². The van der Waals surface area contributed by atoms with Crippen LogP contribution in [0.25, 0.3) is 0 Å². The van der Waals surface area contributed by atoms with Crippen molar-refractivity contribution in [1.82, 2.24) is 20.2 Å². The van der Waals surface area contributed by atoms with E-state index in [0.717, 1.165) is 74.8 Å². The highest BCUT2D eigenvalue weighted by atomic mass is 19.4. The molecule has 414 valence electrons. The summed E-state index contributed by atoms with van der Waals surface area (Å²) in [6.07, 6.45) is -1.59. The van der Waals surface area contributed by atoms with E-state index in [9.17, 15) is 41.4 Å². The van der Waals surface area contributed by atoms with Crippen LogP contribution in [0.4, 0.5) is 26.3 Å². The second kappa shape index (κ2) is 22.3. The summed E-state index contributed by atoms with van der Waals surface area (Å²) < 4.78 is 115. The summed E-state index contributed by atoms with van der Waals surface area (Å²) in [6.45, 7) is 7.09. The Hall–Kier alpha value is -6.61. The Morgan fingerprint density at radius 1 is 0.628 bits per heavy atom. The van der Waals surface area contributed by atoms with Crippen LogP contribution >= 0.6 is 0 Å². The summed E-state index contributed by atoms with van der Waals surface area (Å²) in [7, 11) is 2.93. The number of alkyl halides is 6. The third kappa shape index (κ3) is 9.44. The summed E-state index contributed by atoms with van der Waals surface area (Å²) in [5, 5.41) is 28.5. The van der Waals surface area contributed by atoms with Crippen molar-refractivity contribution < 1.29 is 69.8 Å². The number of aliphatic hydroxyl groups is 2. The van der Waals surface area contributed by atoms with Crippen LogP contribution in [0.5, 0.6) is 23.0 Å². The second-order valence-corrected chi connectivity index (χ2v) is 19.9. The number of pyridine rings is 2. The number of benzene rings is 4. The molecule has 12 rings (SSSR count). The number of hydrogen-bond donors (Lipinski definition) is 3. The Kier molecular flexibility index (Phi) is 16.0. The van der Waals surface area contributed by atoms with E-state index in [2.05, 4.69) is 20.2 Å². The minimum absolute atomic E-state index is 0. The van der Waals surface area contributed by atoms with Crippen molar-refractivity contribution in [3.63, 3.8) is 0 Å². The average Bonchev–Trinajstić information content (AvgIpc) is 4.30. The molecule has 4 aliphatic heterocycles. The molecule has 6 aromatic rings. The number of hydrogen-bond acceptors (Lipinski definition) is 13. The number of morpholine rings is 2. The zero-order valence-corrected chi connectivity index (χ0v) is 42.2. The first-order chi connectivity index (χ1) is 37.1. The highest BCUT2D eigenvalue weighted by Gasteiger charge is 2.75. The number of ether oxygens (including phenoxy) is 6. The SMILES string of the molecule is C.C1COCCN1.COc1cncc2c1[C@]1(O)C(C=O)C[C@@H](c3ccccc3)[C@]1(c1ccc(C(F)(F)F)cc1)O2.COc1cncc2c1[C@]1(O)[C@@H](CN3CCOCC3)C[C@@H](c3ccccc3)[C@]1(c1ccc(C(F)(F)F)cc1)O2. The van der Waals surface area contributed by atoms with E-state index in [1.165, 1.54) is 50.9 Å². The molecular weight excluding hydrogens is 1020 g/mol. The molecule has 13 nitrogen and oxygen atoms in total. The van der Waals surface area contributed by atoms with Gasteiger partial charge in [0.1, 0.15) is 34.9 Å². The first-order valence-corrected chi connectivity index (χ1v) is 25.4. The largest absolute Gasteiger partial charge is 0.495 e. The lowest BCUT2D eigenvalue weighted by Crippen LogP contribution is -2.53. The number of aromatic nitrogens is 2. The van der Waals surface area contributed by atoms with Crippen molar-refractivity contribution >= 4 is 6.29 Å². The third-order valence-corrected chi connectivity index (χ3v) is 16.0. The smallest absolute Gasteiger partial charge is 0.416 e. The molecule has 2 saturated carbocycles. The molecule has 0 spiro atoms. The van der Waals surface area contributed by atoms with Crippen LogP contribution in [0, 0.1) is 11.8 Å². The van der Waals surface area contributed by atoms with Crippen LogP contribution in [-0.4, -0.2) is 105 Å². The van der Waals surface area contributed by atoms with E-state index in [-0.39, 0.29) is 42.7 Å². The van der Waals surface area contributed by atoms with E-state index in [1.807, 2.05) is 60.7 Å². The van der Waals surface area contributed by atoms with Gasteiger partial charge in [-0.05, 0) is 59.4 Å². The lowest BCUT2D eigenvalue weighted by molar-refractivity contribution is -0.141. The van der Waals surface area contributed by atoms with Crippen LogP contribution in [0.2, 0.25) is 0 Å². The maximum absolute atomic E-state index is 13.5. The molecule has 8 atom stereocenters. The monoisotopic (exact) mass is 1080 g/mol. The second-order valence-electron chi connectivity index (χ2n) is 19.9. The van der Waals surface area contributed by atoms with Gasteiger partial charge in [-0.1, -0.05) is 92.4 Å². The zero-order chi connectivity index (χ0) is 54.2. The maximum Gasteiger partial charge on any atom is 0.416 e. The van der Waals surface area contributed by atoms with Crippen molar-refractivity contribution in [2.75, 3.05) is 73.4 Å². The molecule has 3 N–H and O–H groups in total. The Balaban J connectivity index is 0.000000170. The van der Waals surface area contributed by atoms with Gasteiger partial charge in [0, 0.05) is 50.5 Å². The molecule has 4 fully saturated rings. The number of nitrogens with zero attached hydrogens (tertiary/aromatic N) is 3. The van der Waals surface area contributed by atoms with Gasteiger partial charge in [0.05, 0.1) is 93.6 Å². The fraction of sp³-hybridized carbons (Fsp3) is 0.407. The Morgan fingerprint density at radius 2 is 1.06 bits per heavy atom. The molecule has 2 aliphatic carbocycles. The fourth-order valence-corrected chi connectivity index (χ4v) is 12.6. The molecule has 19 heteroatoms.